The third-order valence-corrected chi connectivity index (χ3v) is 8.26. The van der Waals surface area contributed by atoms with E-state index in [4.69, 9.17) is 4.74 Å². The van der Waals surface area contributed by atoms with Gasteiger partial charge in [0.15, 0.2) is 0 Å². The Bertz CT molecular complexity index is 1440. The van der Waals surface area contributed by atoms with Gasteiger partial charge >= 0.3 is 0 Å². The van der Waals surface area contributed by atoms with E-state index in [0.29, 0.717) is 5.92 Å². The molecule has 0 atom stereocenters. The molecule has 2 heteroatoms. The van der Waals surface area contributed by atoms with E-state index in [1.807, 2.05) is 0 Å². The lowest BCUT2D eigenvalue weighted by Crippen LogP contribution is -2.34. The average molecular weight is 451 g/mol. The molecule has 34 heavy (non-hydrogen) atoms. The molecule has 0 unspecified atom stereocenters. The van der Waals surface area contributed by atoms with Crippen LogP contribution >= 0.6 is 0 Å². The normalized spacial score (nSPS) is 15.4. The van der Waals surface area contributed by atoms with Crippen molar-refractivity contribution in [2.45, 2.75) is 66.2 Å². The first-order valence-corrected chi connectivity index (χ1v) is 13.1. The van der Waals surface area contributed by atoms with E-state index in [-0.39, 0.29) is 0 Å². The van der Waals surface area contributed by atoms with Crippen molar-refractivity contribution >= 4 is 21.7 Å². The van der Waals surface area contributed by atoms with Crippen molar-refractivity contribution in [2.24, 2.45) is 18.9 Å². The number of nitrogens with zero attached hydrogens (tertiary/aromatic N) is 1. The number of hydrogen-bond acceptors (Lipinski definition) is 1. The third kappa shape index (κ3) is 3.34. The van der Waals surface area contributed by atoms with E-state index in [1.165, 1.54) is 80.9 Å². The zero-order valence-corrected chi connectivity index (χ0v) is 21.3. The molecule has 0 bridgehead atoms. The Morgan fingerprint density at radius 1 is 1.03 bits per heavy atom. The van der Waals surface area contributed by atoms with Crippen LogP contribution in [0.5, 0.6) is 11.5 Å². The first kappa shape index (κ1) is 21.6. The minimum absolute atomic E-state index is 0.617. The van der Waals surface area contributed by atoms with Crippen molar-refractivity contribution in [3.63, 3.8) is 0 Å². The minimum Gasteiger partial charge on any atom is -0.449 e. The number of ether oxygens (including phenoxy) is 1. The molecular weight excluding hydrogens is 414 g/mol. The molecule has 174 valence electrons. The highest BCUT2D eigenvalue weighted by Gasteiger charge is 2.35. The van der Waals surface area contributed by atoms with Gasteiger partial charge in [0.1, 0.15) is 12.8 Å². The molecule has 2 heterocycles. The molecule has 0 saturated heterocycles. The smallest absolute Gasteiger partial charge is 0.257 e. The van der Waals surface area contributed by atoms with Crippen molar-refractivity contribution in [1.29, 1.82) is 0 Å². The molecule has 1 fully saturated rings. The van der Waals surface area contributed by atoms with Crippen molar-refractivity contribution < 1.29 is 9.30 Å². The van der Waals surface area contributed by atoms with Crippen LogP contribution in [0, 0.1) is 25.7 Å². The molecule has 3 aromatic carbocycles. The fraction of sp³-hybridized carbons (Fsp3) is 0.406. The van der Waals surface area contributed by atoms with E-state index in [9.17, 15) is 0 Å². The van der Waals surface area contributed by atoms with E-state index in [0.717, 1.165) is 30.3 Å². The lowest BCUT2D eigenvalue weighted by Gasteiger charge is -2.26. The van der Waals surface area contributed by atoms with Crippen LogP contribution in [0.15, 0.2) is 42.5 Å². The topological polar surface area (TPSA) is 13.1 Å². The first-order chi connectivity index (χ1) is 16.4. The molecule has 2 aliphatic rings. The summed E-state index contributed by atoms with van der Waals surface area (Å²) in [6.45, 7) is 9.14. The van der Waals surface area contributed by atoms with E-state index in [2.05, 4.69) is 81.8 Å². The summed E-state index contributed by atoms with van der Waals surface area (Å²) in [6.07, 6.45) is 7.59. The van der Waals surface area contributed by atoms with Crippen LogP contribution in [0.4, 0.5) is 0 Å². The van der Waals surface area contributed by atoms with Crippen LogP contribution in [0.1, 0.15) is 61.8 Å². The summed E-state index contributed by atoms with van der Waals surface area (Å²) < 4.78 is 9.36. The van der Waals surface area contributed by atoms with Gasteiger partial charge in [0.25, 0.3) is 5.69 Å². The summed E-state index contributed by atoms with van der Waals surface area (Å²) in [4.78, 5) is 0. The zero-order chi connectivity index (χ0) is 23.6. The van der Waals surface area contributed by atoms with Crippen LogP contribution in [-0.4, -0.2) is 0 Å². The van der Waals surface area contributed by atoms with Crippen molar-refractivity contribution in [3.05, 3.63) is 64.7 Å². The van der Waals surface area contributed by atoms with Crippen molar-refractivity contribution in [3.8, 4) is 22.8 Å². The van der Waals surface area contributed by atoms with Gasteiger partial charge in [-0.25, -0.2) is 0 Å². The Kier molecular flexibility index (Phi) is 5.17. The summed E-state index contributed by atoms with van der Waals surface area (Å²) >= 11 is 0. The fourth-order valence-electron chi connectivity index (χ4n) is 6.54. The van der Waals surface area contributed by atoms with Crippen LogP contribution < -0.4 is 9.30 Å². The van der Waals surface area contributed by atoms with Gasteiger partial charge < -0.3 is 4.74 Å². The van der Waals surface area contributed by atoms with E-state index >= 15 is 0 Å². The van der Waals surface area contributed by atoms with Crippen molar-refractivity contribution in [2.75, 3.05) is 0 Å². The summed E-state index contributed by atoms with van der Waals surface area (Å²) in [5.74, 6) is 3.52. The van der Waals surface area contributed by atoms with Gasteiger partial charge in [-0.15, -0.1) is 0 Å². The minimum atomic E-state index is 0.617. The standard InChI is InChI=1S/C32H36NO/c1-19(2)14-23-16-24-15-20(3)21(4)29-30(24)28(18-23)34-32-26(17-22-10-6-7-11-22)25-12-8-9-13-27(25)33(5)31(29)32/h8-9,12-13,15-16,18-19,22H,6-7,10-11,14,17H2,1-5H3/q+1. The number of fused-ring (bicyclic) bond motifs is 3. The molecule has 1 aliphatic carbocycles. The summed E-state index contributed by atoms with van der Waals surface area (Å²) in [5, 5.41) is 3.93. The van der Waals surface area contributed by atoms with E-state index in [1.54, 1.807) is 0 Å². The number of hydrogen-bond donors (Lipinski definition) is 0. The molecular formula is C32H36NO+. The highest BCUT2D eigenvalue weighted by Crippen LogP contribution is 2.51. The van der Waals surface area contributed by atoms with E-state index < -0.39 is 0 Å². The second-order valence-corrected chi connectivity index (χ2v) is 11.2. The van der Waals surface area contributed by atoms with Gasteiger partial charge in [0.2, 0.25) is 11.3 Å². The van der Waals surface area contributed by atoms with Crippen molar-refractivity contribution in [1.82, 2.24) is 0 Å². The third-order valence-electron chi connectivity index (χ3n) is 8.26. The molecule has 0 amide bonds. The Morgan fingerprint density at radius 2 is 1.79 bits per heavy atom. The number of rotatable bonds is 4. The van der Waals surface area contributed by atoms with Gasteiger partial charge in [-0.05, 0) is 72.7 Å². The number of aromatic nitrogens is 1. The Morgan fingerprint density at radius 3 is 2.56 bits per heavy atom. The highest BCUT2D eigenvalue weighted by atomic mass is 16.5. The molecule has 0 spiro atoms. The fourth-order valence-corrected chi connectivity index (χ4v) is 6.54. The lowest BCUT2D eigenvalue weighted by atomic mass is 9.86. The highest BCUT2D eigenvalue weighted by molar-refractivity contribution is 6.06. The van der Waals surface area contributed by atoms with Gasteiger partial charge in [0.05, 0.1) is 10.9 Å². The Hall–Kier alpha value is -2.87. The first-order valence-electron chi connectivity index (χ1n) is 13.1. The predicted molar refractivity (Wildman–Crippen MR) is 142 cm³/mol. The number of aryl methyl sites for hydroxylation is 2. The number of para-hydroxylation sites is 1. The molecule has 0 radical (unpaired) electrons. The maximum atomic E-state index is 6.98. The monoisotopic (exact) mass is 450 g/mol. The molecule has 1 aromatic heterocycles. The number of pyridine rings is 1. The second kappa shape index (κ2) is 8.12. The maximum absolute atomic E-state index is 6.98. The Balaban J connectivity index is 1.70. The lowest BCUT2D eigenvalue weighted by molar-refractivity contribution is -0.633. The molecule has 1 saturated carbocycles. The molecule has 6 rings (SSSR count). The average Bonchev–Trinajstić information content (AvgIpc) is 3.32. The summed E-state index contributed by atoms with van der Waals surface area (Å²) in [5.41, 5.74) is 9.42. The van der Waals surface area contributed by atoms with Gasteiger partial charge in [-0.1, -0.05) is 63.8 Å². The molecule has 2 nitrogen and oxygen atoms in total. The van der Waals surface area contributed by atoms with Crippen LogP contribution in [-0.2, 0) is 19.9 Å². The Labute approximate surface area is 203 Å². The van der Waals surface area contributed by atoms with Gasteiger partial charge in [-0.3, -0.25) is 0 Å². The SMILES string of the molecule is Cc1cc2cc(CC(C)C)cc3c2c(c1C)-c1c(c(CC2CCCC2)c2ccccc2[n+]1C)O3. The maximum Gasteiger partial charge on any atom is 0.257 e. The van der Waals surface area contributed by atoms with Gasteiger partial charge in [-0.2, -0.15) is 4.57 Å². The van der Waals surface area contributed by atoms with Gasteiger partial charge in [0, 0.05) is 17.0 Å². The zero-order valence-electron chi connectivity index (χ0n) is 21.3. The second-order valence-electron chi connectivity index (χ2n) is 11.2. The quantitative estimate of drug-likeness (QED) is 0.252. The number of benzene rings is 3. The van der Waals surface area contributed by atoms with Crippen LogP contribution in [0.2, 0.25) is 0 Å². The largest absolute Gasteiger partial charge is 0.449 e. The molecule has 1 aliphatic heterocycles. The summed E-state index contributed by atoms with van der Waals surface area (Å²) in [6, 6.07) is 16.0. The predicted octanol–water partition coefficient (Wildman–Crippen LogP) is 8.14. The molecule has 0 N–H and O–H groups in total. The van der Waals surface area contributed by atoms with Crippen LogP contribution in [0.3, 0.4) is 0 Å². The summed E-state index contributed by atoms with van der Waals surface area (Å²) in [7, 11) is 2.22. The molecule has 4 aromatic rings. The van der Waals surface area contributed by atoms with Crippen LogP contribution in [0.25, 0.3) is 32.9 Å².